The Bertz CT molecular complexity index is 849. The van der Waals surface area contributed by atoms with Gasteiger partial charge in [0.2, 0.25) is 5.91 Å². The van der Waals surface area contributed by atoms with Gasteiger partial charge in [-0.15, -0.1) is 0 Å². The van der Waals surface area contributed by atoms with Crippen molar-refractivity contribution in [3.63, 3.8) is 0 Å². The van der Waals surface area contributed by atoms with Crippen molar-refractivity contribution in [3.8, 4) is 11.3 Å². The number of nitro groups is 1. The third-order valence-corrected chi connectivity index (χ3v) is 3.42. The molecule has 7 nitrogen and oxygen atoms in total. The van der Waals surface area contributed by atoms with Crippen molar-refractivity contribution in [2.24, 2.45) is 0 Å². The number of nitrogens with one attached hydrogen (secondary N) is 1. The predicted molar refractivity (Wildman–Crippen MR) is 88.4 cm³/mol. The highest BCUT2D eigenvalue weighted by molar-refractivity contribution is 5.96. The quantitative estimate of drug-likeness (QED) is 0.387. The highest BCUT2D eigenvalue weighted by Gasteiger charge is 2.21. The van der Waals surface area contributed by atoms with Crippen LogP contribution in [-0.2, 0) is 4.79 Å². The van der Waals surface area contributed by atoms with Crippen molar-refractivity contribution < 1.29 is 14.1 Å². The molecule has 1 aromatic heterocycles. The fourth-order valence-electron chi connectivity index (χ4n) is 2.15. The first-order chi connectivity index (χ1) is 11.3. The predicted octanol–water partition coefficient (Wildman–Crippen LogP) is 2.53. The van der Waals surface area contributed by atoms with E-state index in [1.807, 2.05) is 0 Å². The zero-order valence-corrected chi connectivity index (χ0v) is 13.0. The number of allylic oxidation sites excluding steroid dienone is 1. The number of anilines is 1. The summed E-state index contributed by atoms with van der Waals surface area (Å²) in [4.78, 5) is 26.0. The molecule has 124 valence electrons. The second-order valence-corrected chi connectivity index (χ2v) is 4.99. The van der Waals surface area contributed by atoms with Gasteiger partial charge < -0.3 is 11.1 Å². The van der Waals surface area contributed by atoms with Crippen LogP contribution in [0.5, 0.6) is 0 Å². The van der Waals surface area contributed by atoms with E-state index in [2.05, 4.69) is 10.3 Å². The average Bonchev–Trinajstić information content (AvgIpc) is 2.55. The van der Waals surface area contributed by atoms with E-state index in [1.54, 1.807) is 6.92 Å². The van der Waals surface area contributed by atoms with Gasteiger partial charge in [0.05, 0.1) is 4.92 Å². The van der Waals surface area contributed by atoms with Crippen LogP contribution in [0.4, 0.5) is 15.8 Å². The maximum Gasteiger partial charge on any atom is 0.293 e. The Kier molecular flexibility index (Phi) is 4.88. The number of hydrogen-bond donors (Lipinski definition) is 2. The lowest BCUT2D eigenvalue weighted by molar-refractivity contribution is -0.383. The summed E-state index contributed by atoms with van der Waals surface area (Å²) in [6, 6.07) is 5.31. The molecule has 1 aromatic carbocycles. The molecule has 24 heavy (non-hydrogen) atoms. The molecule has 0 aliphatic rings. The van der Waals surface area contributed by atoms with Crippen molar-refractivity contribution in [1.82, 2.24) is 10.3 Å². The number of carbonyl (C=O) groups is 1. The number of hydrogen-bond acceptors (Lipinski definition) is 5. The number of nitrogens with two attached hydrogens (primary N) is 1. The maximum absolute atomic E-state index is 14.0. The van der Waals surface area contributed by atoms with Crippen LogP contribution in [0.2, 0.25) is 0 Å². The molecule has 0 bridgehead atoms. The number of nitro benzene ring substituents is 1. The van der Waals surface area contributed by atoms with Crippen LogP contribution >= 0.6 is 0 Å². The molecule has 3 N–H and O–H groups in total. The maximum atomic E-state index is 14.0. The minimum absolute atomic E-state index is 0.0901. The molecule has 0 aliphatic heterocycles. The molecule has 2 aromatic rings. The first-order valence-electron chi connectivity index (χ1n) is 6.94. The molecular formula is C16H15FN4O3. The van der Waals surface area contributed by atoms with E-state index in [0.717, 1.165) is 0 Å². The number of amides is 1. The van der Waals surface area contributed by atoms with Crippen molar-refractivity contribution >= 4 is 22.9 Å². The number of aromatic nitrogens is 1. The lowest BCUT2D eigenvalue weighted by atomic mass is 9.98. The number of benzene rings is 1. The Morgan fingerprint density at radius 1 is 1.46 bits per heavy atom. The molecule has 8 heteroatoms. The zero-order valence-electron chi connectivity index (χ0n) is 13.0. The summed E-state index contributed by atoms with van der Waals surface area (Å²) < 4.78 is 14.0. The third-order valence-electron chi connectivity index (χ3n) is 3.42. The summed E-state index contributed by atoms with van der Waals surface area (Å²) in [5, 5.41) is 13.7. The average molecular weight is 330 g/mol. The Labute approximate surface area is 137 Å². The fourth-order valence-corrected chi connectivity index (χ4v) is 2.15. The molecule has 0 spiro atoms. The van der Waals surface area contributed by atoms with E-state index in [-0.39, 0.29) is 28.5 Å². The molecule has 0 radical (unpaired) electrons. The first-order valence-corrected chi connectivity index (χ1v) is 6.94. The lowest BCUT2D eigenvalue weighted by Crippen LogP contribution is -2.14. The van der Waals surface area contributed by atoms with Gasteiger partial charge in [-0.1, -0.05) is 0 Å². The first kappa shape index (κ1) is 17.1. The van der Waals surface area contributed by atoms with Gasteiger partial charge >= 0.3 is 0 Å². The van der Waals surface area contributed by atoms with Crippen LogP contribution in [0.3, 0.4) is 0 Å². The largest absolute Gasteiger partial charge is 0.393 e. The van der Waals surface area contributed by atoms with Gasteiger partial charge in [-0.25, -0.2) is 4.39 Å². The molecule has 0 fully saturated rings. The fraction of sp³-hybridized carbons (Fsp3) is 0.125. The van der Waals surface area contributed by atoms with Crippen LogP contribution in [0.15, 0.2) is 36.5 Å². The standard InChI is InChI=1S/C16H15FN4O3/c1-9(6-14(22)19-2)10-7-11(15(18)13(8-10)21(23)24)16-12(17)4-3-5-20-16/h3-8H,18H2,1-2H3,(H,19,22). The van der Waals surface area contributed by atoms with Crippen molar-refractivity contribution in [3.05, 3.63) is 58.0 Å². The van der Waals surface area contributed by atoms with Crippen LogP contribution in [0.25, 0.3) is 16.8 Å². The summed E-state index contributed by atoms with van der Waals surface area (Å²) in [6.45, 7) is 1.61. The second-order valence-electron chi connectivity index (χ2n) is 4.99. The van der Waals surface area contributed by atoms with E-state index in [9.17, 15) is 19.3 Å². The van der Waals surface area contributed by atoms with Gasteiger partial charge in [-0.3, -0.25) is 19.9 Å². The normalized spacial score (nSPS) is 11.2. The highest BCUT2D eigenvalue weighted by atomic mass is 19.1. The van der Waals surface area contributed by atoms with Gasteiger partial charge in [-0.2, -0.15) is 0 Å². The van der Waals surface area contributed by atoms with Crippen molar-refractivity contribution in [2.45, 2.75) is 6.92 Å². The topological polar surface area (TPSA) is 111 Å². The molecule has 0 saturated carbocycles. The molecule has 2 rings (SSSR count). The Morgan fingerprint density at radius 3 is 2.75 bits per heavy atom. The minimum atomic E-state index is -0.656. The van der Waals surface area contributed by atoms with E-state index in [0.29, 0.717) is 11.1 Å². The molecule has 0 unspecified atom stereocenters. The number of nitrogens with zero attached hydrogens (tertiary/aromatic N) is 2. The number of rotatable bonds is 4. The van der Waals surface area contributed by atoms with Gasteiger partial charge in [0.1, 0.15) is 17.2 Å². The third kappa shape index (κ3) is 3.37. The van der Waals surface area contributed by atoms with E-state index in [4.69, 9.17) is 5.73 Å². The number of nitrogen functional groups attached to an aromatic ring is 1. The van der Waals surface area contributed by atoms with Crippen molar-refractivity contribution in [2.75, 3.05) is 12.8 Å². The van der Waals surface area contributed by atoms with Crippen molar-refractivity contribution in [1.29, 1.82) is 0 Å². The van der Waals surface area contributed by atoms with E-state index >= 15 is 0 Å². The van der Waals surface area contributed by atoms with Gasteiger partial charge in [0, 0.05) is 31.0 Å². The second kappa shape index (κ2) is 6.86. The van der Waals surface area contributed by atoms with Crippen LogP contribution in [0.1, 0.15) is 12.5 Å². The molecule has 1 heterocycles. The molecular weight excluding hydrogens is 315 g/mol. The Morgan fingerprint density at radius 2 is 2.17 bits per heavy atom. The van der Waals surface area contributed by atoms with E-state index < -0.39 is 10.7 Å². The summed E-state index contributed by atoms with van der Waals surface area (Å²) in [5.74, 6) is -1.01. The summed E-state index contributed by atoms with van der Waals surface area (Å²) in [7, 11) is 1.46. The molecule has 0 atom stereocenters. The number of likely N-dealkylation sites (N-methyl/N-ethyl adjacent to an activating group) is 1. The Hall–Kier alpha value is -3.29. The summed E-state index contributed by atoms with van der Waals surface area (Å²) in [6.07, 6.45) is 2.65. The number of pyridine rings is 1. The SMILES string of the molecule is CNC(=O)C=C(C)c1cc(-c2ncccc2F)c(N)c([N+](=O)[O-])c1. The minimum Gasteiger partial charge on any atom is -0.393 e. The smallest absolute Gasteiger partial charge is 0.293 e. The van der Waals surface area contributed by atoms with Gasteiger partial charge in [0.25, 0.3) is 5.69 Å². The number of halogens is 1. The Balaban J connectivity index is 2.72. The zero-order chi connectivity index (χ0) is 17.9. The van der Waals surface area contributed by atoms with Gasteiger partial charge in [0.15, 0.2) is 0 Å². The van der Waals surface area contributed by atoms with Gasteiger partial charge in [-0.05, 0) is 36.3 Å². The van der Waals surface area contributed by atoms with Crippen LogP contribution in [0, 0.1) is 15.9 Å². The van der Waals surface area contributed by atoms with E-state index in [1.165, 1.54) is 43.6 Å². The van der Waals surface area contributed by atoms with Crippen LogP contribution in [-0.4, -0.2) is 22.9 Å². The molecule has 0 aliphatic carbocycles. The highest BCUT2D eigenvalue weighted by Crippen LogP contribution is 2.36. The van der Waals surface area contributed by atoms with Crippen LogP contribution < -0.4 is 11.1 Å². The monoisotopic (exact) mass is 330 g/mol. The summed E-state index contributed by atoms with van der Waals surface area (Å²) >= 11 is 0. The number of carbonyl (C=O) groups excluding carboxylic acids is 1. The summed E-state index contributed by atoms with van der Waals surface area (Å²) in [5.41, 5.74) is 6.12. The molecule has 1 amide bonds. The lowest BCUT2D eigenvalue weighted by Gasteiger charge is -2.10. The molecule has 0 saturated heterocycles.